The fraction of sp³-hybridized carbons (Fsp3) is 0.937. The number of rotatable bonds is 54. The molecule has 0 spiro atoms. The van der Waals surface area contributed by atoms with Crippen molar-refractivity contribution in [3.05, 3.63) is 12.2 Å². The van der Waals surface area contributed by atoms with Gasteiger partial charge in [0.25, 0.3) is 0 Å². The number of unbranched alkanes of at least 4 members (excludes halogenated alkanes) is 48. The van der Waals surface area contributed by atoms with Gasteiger partial charge in [-0.1, -0.05) is 314 Å². The van der Waals surface area contributed by atoms with Crippen LogP contribution >= 0.6 is 0 Å². The summed E-state index contributed by atoms with van der Waals surface area (Å²) >= 11 is 0. The Balaban J connectivity index is 1.68. The quantitative estimate of drug-likeness (QED) is 0.0358. The van der Waals surface area contributed by atoms with Crippen molar-refractivity contribution in [2.45, 2.75) is 341 Å². The fourth-order valence-corrected chi connectivity index (χ4v) is 10.4. The topological polar surface area (TPSA) is 93.1 Å². The summed E-state index contributed by atoms with van der Waals surface area (Å²) in [6, 6.07) is 0. The molecule has 0 aromatic rings. The summed E-state index contributed by atoms with van der Waals surface area (Å²) in [5.41, 5.74) is -1.12. The van der Waals surface area contributed by atoms with Crippen LogP contribution in [0.5, 0.6) is 0 Å². The highest BCUT2D eigenvalue weighted by atomic mass is 16.6. The van der Waals surface area contributed by atoms with Gasteiger partial charge < -0.3 is 19.7 Å². The highest BCUT2D eigenvalue weighted by Gasteiger charge is 2.36. The van der Waals surface area contributed by atoms with Crippen LogP contribution in [0.2, 0.25) is 0 Å². The molecule has 408 valence electrons. The summed E-state index contributed by atoms with van der Waals surface area (Å²) < 4.78 is 10.6. The molecule has 2 N–H and O–H groups in total. The van der Waals surface area contributed by atoms with Crippen molar-refractivity contribution in [1.29, 1.82) is 0 Å². The van der Waals surface area contributed by atoms with E-state index in [0.29, 0.717) is 6.42 Å². The number of allylic oxidation sites excluding steroid dienone is 2. The zero-order valence-electron chi connectivity index (χ0n) is 46.4. The second kappa shape index (κ2) is 52.9. The van der Waals surface area contributed by atoms with Crippen molar-refractivity contribution in [3.63, 3.8) is 0 Å². The van der Waals surface area contributed by atoms with Crippen molar-refractivity contribution >= 4 is 11.9 Å². The number of hydrogen-bond donors (Lipinski definition) is 2. The number of esters is 2. The van der Waals surface area contributed by atoms with E-state index in [1.165, 1.54) is 302 Å². The predicted octanol–water partition coefficient (Wildman–Crippen LogP) is 19.5. The molecule has 0 aromatic carbocycles. The van der Waals surface area contributed by atoms with E-state index in [4.69, 9.17) is 9.47 Å². The fourth-order valence-electron chi connectivity index (χ4n) is 10.4. The van der Waals surface area contributed by atoms with E-state index in [9.17, 15) is 19.8 Å². The molecule has 1 fully saturated rings. The predicted molar refractivity (Wildman–Crippen MR) is 297 cm³/mol. The zero-order valence-corrected chi connectivity index (χ0v) is 46.4. The molecule has 0 radical (unpaired) electrons. The van der Waals surface area contributed by atoms with E-state index in [1.807, 2.05) is 0 Å². The first-order valence-corrected chi connectivity index (χ1v) is 31.3. The Hall–Kier alpha value is -1.40. The average Bonchev–Trinajstić information content (AvgIpc) is 3.41. The van der Waals surface area contributed by atoms with Crippen LogP contribution in [-0.2, 0) is 19.1 Å². The van der Waals surface area contributed by atoms with Crippen LogP contribution in [0.15, 0.2) is 12.2 Å². The van der Waals surface area contributed by atoms with Gasteiger partial charge in [0.05, 0.1) is 31.0 Å². The molecular weight excluding hydrogens is 853 g/mol. The largest absolute Gasteiger partial charge is 0.465 e. The third-order valence-corrected chi connectivity index (χ3v) is 15.5. The molecule has 1 heterocycles. The van der Waals surface area contributed by atoms with E-state index in [0.717, 1.165) is 19.3 Å². The Morgan fingerprint density at radius 2 is 0.623 bits per heavy atom. The minimum absolute atomic E-state index is 0.00512. The Morgan fingerprint density at radius 3 is 0.899 bits per heavy atom. The van der Waals surface area contributed by atoms with Crippen LogP contribution in [0, 0.1) is 11.3 Å². The third kappa shape index (κ3) is 45.0. The van der Waals surface area contributed by atoms with Crippen molar-refractivity contribution in [2.24, 2.45) is 11.3 Å². The lowest BCUT2D eigenvalue weighted by atomic mass is 9.92. The maximum atomic E-state index is 12.5. The molecule has 0 saturated carbocycles. The lowest BCUT2D eigenvalue weighted by Crippen LogP contribution is -2.40. The maximum Gasteiger partial charge on any atom is 0.309 e. The summed E-state index contributed by atoms with van der Waals surface area (Å²) in [7, 11) is 0. The van der Waals surface area contributed by atoms with Gasteiger partial charge in [-0.15, -0.1) is 0 Å². The standard InChI is InChI=1S/C63H120O6/c1-2-3-4-5-6-7-8-9-10-11-12-13-14-15-16-17-18-19-20-21-22-23-24-25-26-27-28-29-30-31-32-33-34-35-36-37-38-39-40-41-42-43-44-45-46-47-48-49-50-51-52-53-54-60-55-61(66)68-58-63(56-64,57-65)59-69-62(60)67/h9-10,60,64-65H,2-8,11-59H2,1H3/b10-9+. The second-order valence-electron chi connectivity index (χ2n) is 22.4. The summed E-state index contributed by atoms with van der Waals surface area (Å²) in [5.74, 6) is -1.40. The minimum atomic E-state index is -1.12. The summed E-state index contributed by atoms with van der Waals surface area (Å²) in [6.07, 6.45) is 75.7. The summed E-state index contributed by atoms with van der Waals surface area (Å²) in [4.78, 5) is 24.7. The summed E-state index contributed by atoms with van der Waals surface area (Å²) in [6.45, 7) is 1.20. The number of carbonyl (C=O) groups is 2. The molecule has 1 saturated heterocycles. The summed E-state index contributed by atoms with van der Waals surface area (Å²) in [5, 5.41) is 19.2. The van der Waals surface area contributed by atoms with Gasteiger partial charge in [0.2, 0.25) is 0 Å². The molecule has 1 aliphatic heterocycles. The van der Waals surface area contributed by atoms with Crippen molar-refractivity contribution in [3.8, 4) is 0 Å². The Kier molecular flexibility index (Phi) is 50.3. The van der Waals surface area contributed by atoms with E-state index in [1.54, 1.807) is 0 Å². The van der Waals surface area contributed by atoms with Gasteiger partial charge in [-0.25, -0.2) is 0 Å². The van der Waals surface area contributed by atoms with Crippen LogP contribution in [0.1, 0.15) is 341 Å². The smallest absolute Gasteiger partial charge is 0.309 e. The van der Waals surface area contributed by atoms with E-state index in [-0.39, 0.29) is 19.6 Å². The van der Waals surface area contributed by atoms with E-state index < -0.39 is 36.5 Å². The number of hydrogen-bond acceptors (Lipinski definition) is 6. The number of ether oxygens (including phenoxy) is 2. The molecule has 1 atom stereocenters. The maximum absolute atomic E-state index is 12.5. The SMILES string of the molecule is CCCCCCCC/C=C/CCCCCCCCCCCCCCCCCCCCCCCCCCCCCCCCCCCCCCCCCCCCC1CC(=O)OCC(CO)(CO)COC1=O. The number of cyclic esters (lactones) is 2. The zero-order chi connectivity index (χ0) is 49.7. The number of aliphatic hydroxyl groups excluding tert-OH is 2. The van der Waals surface area contributed by atoms with Gasteiger partial charge in [0.15, 0.2) is 0 Å². The van der Waals surface area contributed by atoms with Crippen molar-refractivity contribution in [2.75, 3.05) is 26.4 Å². The van der Waals surface area contributed by atoms with Gasteiger partial charge in [-0.3, -0.25) is 9.59 Å². The Bertz CT molecular complexity index is 1090. The Morgan fingerprint density at radius 1 is 0.377 bits per heavy atom. The van der Waals surface area contributed by atoms with Gasteiger partial charge in [-0.2, -0.15) is 0 Å². The minimum Gasteiger partial charge on any atom is -0.465 e. The van der Waals surface area contributed by atoms with Gasteiger partial charge in [-0.05, 0) is 32.1 Å². The Labute approximate surface area is 430 Å². The first kappa shape index (κ1) is 65.6. The number of aliphatic hydroxyl groups is 2. The molecule has 1 rings (SSSR count). The average molecular weight is 974 g/mol. The molecule has 0 aliphatic carbocycles. The third-order valence-electron chi connectivity index (χ3n) is 15.5. The van der Waals surface area contributed by atoms with Crippen LogP contribution in [0.3, 0.4) is 0 Å². The first-order chi connectivity index (χ1) is 34.1. The van der Waals surface area contributed by atoms with E-state index in [2.05, 4.69) is 19.1 Å². The highest BCUT2D eigenvalue weighted by molar-refractivity contribution is 5.80. The lowest BCUT2D eigenvalue weighted by molar-refractivity contribution is -0.155. The van der Waals surface area contributed by atoms with Crippen LogP contribution < -0.4 is 0 Å². The molecule has 69 heavy (non-hydrogen) atoms. The monoisotopic (exact) mass is 973 g/mol. The molecule has 0 bridgehead atoms. The van der Waals surface area contributed by atoms with Crippen LogP contribution in [-0.4, -0.2) is 48.6 Å². The molecule has 0 aromatic heterocycles. The molecule has 1 unspecified atom stereocenters. The lowest BCUT2D eigenvalue weighted by Gasteiger charge is -2.27. The number of carbonyl (C=O) groups excluding carboxylic acids is 2. The molecule has 0 amide bonds. The van der Waals surface area contributed by atoms with Gasteiger partial charge in [0.1, 0.15) is 13.2 Å². The van der Waals surface area contributed by atoms with E-state index >= 15 is 0 Å². The van der Waals surface area contributed by atoms with Crippen molar-refractivity contribution in [1.82, 2.24) is 0 Å². The van der Waals surface area contributed by atoms with Gasteiger partial charge >= 0.3 is 11.9 Å². The first-order valence-electron chi connectivity index (χ1n) is 31.3. The van der Waals surface area contributed by atoms with Gasteiger partial charge in [0, 0.05) is 0 Å². The molecule has 6 nitrogen and oxygen atoms in total. The molecular formula is C63H120O6. The molecule has 1 aliphatic rings. The molecule has 6 heteroatoms. The van der Waals surface area contributed by atoms with Crippen LogP contribution in [0.4, 0.5) is 0 Å². The van der Waals surface area contributed by atoms with Crippen LogP contribution in [0.25, 0.3) is 0 Å². The van der Waals surface area contributed by atoms with Crippen molar-refractivity contribution < 1.29 is 29.3 Å². The normalized spacial score (nSPS) is 15.4. The second-order valence-corrected chi connectivity index (χ2v) is 22.4. The highest BCUT2D eigenvalue weighted by Crippen LogP contribution is 2.25.